The number of nitrogens with two attached hydrogens (primary N) is 1. The quantitative estimate of drug-likeness (QED) is 0.774. The number of hydrogen-bond acceptors (Lipinski definition) is 3. The first-order valence-corrected chi connectivity index (χ1v) is 5.99. The number of rotatable bonds is 3. The molecule has 0 radical (unpaired) electrons. The van der Waals surface area contributed by atoms with Gasteiger partial charge in [-0.05, 0) is 37.5 Å². The van der Waals surface area contributed by atoms with Crippen LogP contribution in [0.1, 0.15) is 29.6 Å². The van der Waals surface area contributed by atoms with E-state index in [9.17, 15) is 4.79 Å². The minimum Gasteiger partial charge on any atom is -0.478 e. The maximum absolute atomic E-state index is 10.9. The van der Waals surface area contributed by atoms with Crippen molar-refractivity contribution in [3.63, 3.8) is 0 Å². The normalized spacial score (nSPS) is 23.6. The zero-order valence-corrected chi connectivity index (χ0v) is 10.1. The molecule has 1 aromatic carbocycles. The lowest BCUT2D eigenvalue weighted by atomic mass is 10.1. The third-order valence-corrected chi connectivity index (χ3v) is 3.37. The van der Waals surface area contributed by atoms with Gasteiger partial charge in [-0.15, -0.1) is 0 Å². The number of nitrogens with one attached hydrogen (secondary N) is 1. The van der Waals surface area contributed by atoms with E-state index in [4.69, 9.17) is 22.4 Å². The first kappa shape index (κ1) is 12.2. The molecule has 1 saturated carbocycles. The largest absolute Gasteiger partial charge is 0.478 e. The third-order valence-electron chi connectivity index (χ3n) is 3.04. The summed E-state index contributed by atoms with van der Waals surface area (Å²) in [5.41, 5.74) is 6.73. The van der Waals surface area contributed by atoms with Crippen molar-refractivity contribution in [1.29, 1.82) is 0 Å². The van der Waals surface area contributed by atoms with Crippen LogP contribution in [0.25, 0.3) is 0 Å². The second-order valence-corrected chi connectivity index (χ2v) is 4.82. The molecule has 4 nitrogen and oxygen atoms in total. The highest BCUT2D eigenvalue weighted by molar-refractivity contribution is 6.33. The molecule has 2 unspecified atom stereocenters. The van der Waals surface area contributed by atoms with Gasteiger partial charge in [0.1, 0.15) is 0 Å². The van der Waals surface area contributed by atoms with Crippen molar-refractivity contribution in [3.05, 3.63) is 28.8 Å². The van der Waals surface area contributed by atoms with Gasteiger partial charge in [-0.2, -0.15) is 0 Å². The van der Waals surface area contributed by atoms with Crippen molar-refractivity contribution in [2.45, 2.75) is 31.3 Å². The smallest absolute Gasteiger partial charge is 0.337 e. The maximum atomic E-state index is 10.9. The summed E-state index contributed by atoms with van der Waals surface area (Å²) in [7, 11) is 0. The van der Waals surface area contributed by atoms with Crippen LogP contribution in [0.2, 0.25) is 5.02 Å². The van der Waals surface area contributed by atoms with E-state index in [-0.39, 0.29) is 16.6 Å². The maximum Gasteiger partial charge on any atom is 0.337 e. The van der Waals surface area contributed by atoms with Crippen LogP contribution in [0.4, 0.5) is 5.69 Å². The highest BCUT2D eigenvalue weighted by Gasteiger charge is 2.21. The topological polar surface area (TPSA) is 75.3 Å². The predicted molar refractivity (Wildman–Crippen MR) is 67.6 cm³/mol. The van der Waals surface area contributed by atoms with E-state index in [0.29, 0.717) is 6.04 Å². The van der Waals surface area contributed by atoms with Gasteiger partial charge >= 0.3 is 5.97 Å². The van der Waals surface area contributed by atoms with E-state index in [1.54, 1.807) is 18.2 Å². The Morgan fingerprint density at radius 1 is 1.47 bits per heavy atom. The van der Waals surface area contributed by atoms with Crippen molar-refractivity contribution in [1.82, 2.24) is 0 Å². The molecule has 2 atom stereocenters. The van der Waals surface area contributed by atoms with Crippen molar-refractivity contribution >= 4 is 23.3 Å². The molecular weight excluding hydrogens is 240 g/mol. The van der Waals surface area contributed by atoms with Gasteiger partial charge in [-0.3, -0.25) is 0 Å². The van der Waals surface area contributed by atoms with Crippen LogP contribution in [0.5, 0.6) is 0 Å². The number of carbonyl (C=O) groups is 1. The first-order chi connectivity index (χ1) is 8.06. The molecular formula is C12H15ClN2O2. The highest BCUT2D eigenvalue weighted by atomic mass is 35.5. The lowest BCUT2D eigenvalue weighted by molar-refractivity contribution is 0.0697. The summed E-state index contributed by atoms with van der Waals surface area (Å²) in [6.45, 7) is 0. The number of benzene rings is 1. The molecule has 17 heavy (non-hydrogen) atoms. The van der Waals surface area contributed by atoms with Crippen molar-refractivity contribution < 1.29 is 9.90 Å². The summed E-state index contributed by atoms with van der Waals surface area (Å²) in [5, 5.41) is 12.5. The molecule has 92 valence electrons. The molecule has 0 heterocycles. The average molecular weight is 255 g/mol. The SMILES string of the molecule is NC1CCC(Nc2ccc(Cl)c(C(=O)O)c2)C1. The molecule has 5 heteroatoms. The van der Waals surface area contributed by atoms with E-state index in [1.165, 1.54) is 0 Å². The average Bonchev–Trinajstić information content (AvgIpc) is 2.66. The Morgan fingerprint density at radius 2 is 2.24 bits per heavy atom. The van der Waals surface area contributed by atoms with Gasteiger partial charge in [0, 0.05) is 17.8 Å². The zero-order valence-electron chi connectivity index (χ0n) is 9.32. The Morgan fingerprint density at radius 3 is 2.82 bits per heavy atom. The minimum atomic E-state index is -1.01. The van der Waals surface area contributed by atoms with Gasteiger partial charge in [0.25, 0.3) is 0 Å². The second-order valence-electron chi connectivity index (χ2n) is 4.41. The van der Waals surface area contributed by atoms with Gasteiger partial charge in [-0.25, -0.2) is 4.79 Å². The summed E-state index contributed by atoms with van der Waals surface area (Å²) < 4.78 is 0. The molecule has 2 rings (SSSR count). The summed E-state index contributed by atoms with van der Waals surface area (Å²) in [6, 6.07) is 5.53. The monoisotopic (exact) mass is 254 g/mol. The second kappa shape index (κ2) is 4.94. The molecule has 0 amide bonds. The molecule has 0 spiro atoms. The molecule has 1 aliphatic carbocycles. The summed E-state index contributed by atoms with van der Waals surface area (Å²) in [6.07, 6.45) is 2.95. The Hall–Kier alpha value is -1.26. The molecule has 1 aliphatic rings. The zero-order chi connectivity index (χ0) is 12.4. The van der Waals surface area contributed by atoms with E-state index in [0.717, 1.165) is 24.9 Å². The van der Waals surface area contributed by atoms with Gasteiger partial charge in [0.2, 0.25) is 0 Å². The Kier molecular flexibility index (Phi) is 3.54. The summed E-state index contributed by atoms with van der Waals surface area (Å²) >= 11 is 5.80. The molecule has 0 saturated heterocycles. The minimum absolute atomic E-state index is 0.124. The summed E-state index contributed by atoms with van der Waals surface area (Å²) in [4.78, 5) is 10.9. The number of halogens is 1. The molecule has 0 aliphatic heterocycles. The standard InChI is InChI=1S/C12H15ClN2O2/c13-11-4-3-9(6-10(11)12(16)17)15-8-2-1-7(14)5-8/h3-4,6-8,15H,1-2,5,14H2,(H,16,17). The van der Waals surface area contributed by atoms with Crippen molar-refractivity contribution in [2.75, 3.05) is 5.32 Å². The fourth-order valence-corrected chi connectivity index (χ4v) is 2.36. The van der Waals surface area contributed by atoms with E-state index in [2.05, 4.69) is 5.32 Å². The first-order valence-electron chi connectivity index (χ1n) is 5.61. The Labute approximate surface area is 105 Å². The van der Waals surface area contributed by atoms with Gasteiger partial charge in [-0.1, -0.05) is 11.6 Å². The predicted octanol–water partition coefficient (Wildman–Crippen LogP) is 2.33. The highest BCUT2D eigenvalue weighted by Crippen LogP contribution is 2.25. The van der Waals surface area contributed by atoms with E-state index in [1.807, 2.05) is 0 Å². The third kappa shape index (κ3) is 2.90. The number of carboxylic acid groups (broad SMARTS) is 1. The number of carboxylic acids is 1. The molecule has 4 N–H and O–H groups in total. The van der Waals surface area contributed by atoms with Gasteiger partial charge < -0.3 is 16.2 Å². The fraction of sp³-hybridized carbons (Fsp3) is 0.417. The molecule has 0 bridgehead atoms. The van der Waals surface area contributed by atoms with Crippen LogP contribution in [0, 0.1) is 0 Å². The number of hydrogen-bond donors (Lipinski definition) is 3. The van der Waals surface area contributed by atoms with E-state index < -0.39 is 5.97 Å². The Balaban J connectivity index is 2.11. The van der Waals surface area contributed by atoms with Crippen molar-refractivity contribution in [2.24, 2.45) is 5.73 Å². The van der Waals surface area contributed by atoms with Gasteiger partial charge in [0.05, 0.1) is 10.6 Å². The van der Waals surface area contributed by atoms with Crippen LogP contribution in [0.15, 0.2) is 18.2 Å². The van der Waals surface area contributed by atoms with Crippen LogP contribution < -0.4 is 11.1 Å². The van der Waals surface area contributed by atoms with Crippen LogP contribution >= 0.6 is 11.6 Å². The molecule has 1 fully saturated rings. The summed E-state index contributed by atoms with van der Waals surface area (Å²) in [5.74, 6) is -1.01. The van der Waals surface area contributed by atoms with Crippen LogP contribution in [-0.2, 0) is 0 Å². The van der Waals surface area contributed by atoms with Crippen LogP contribution in [-0.4, -0.2) is 23.2 Å². The number of aromatic carboxylic acids is 1. The lowest BCUT2D eigenvalue weighted by Crippen LogP contribution is -2.20. The molecule has 0 aromatic heterocycles. The van der Waals surface area contributed by atoms with E-state index >= 15 is 0 Å². The van der Waals surface area contributed by atoms with Crippen LogP contribution in [0.3, 0.4) is 0 Å². The fourth-order valence-electron chi connectivity index (χ4n) is 2.16. The Bertz CT molecular complexity index is 437. The number of anilines is 1. The molecule has 1 aromatic rings. The van der Waals surface area contributed by atoms with Crippen molar-refractivity contribution in [3.8, 4) is 0 Å². The lowest BCUT2D eigenvalue weighted by Gasteiger charge is -2.14. The van der Waals surface area contributed by atoms with Gasteiger partial charge in [0.15, 0.2) is 0 Å².